The van der Waals surface area contributed by atoms with Crippen LogP contribution in [0.2, 0.25) is 5.02 Å². The fourth-order valence-electron chi connectivity index (χ4n) is 1.41. The number of nitrogens with zero attached hydrogens (tertiary/aromatic N) is 1. The van der Waals surface area contributed by atoms with Crippen molar-refractivity contribution in [2.45, 2.75) is 13.0 Å². The summed E-state index contributed by atoms with van der Waals surface area (Å²) in [6.07, 6.45) is 1.52. The van der Waals surface area contributed by atoms with E-state index in [4.69, 9.17) is 11.6 Å². The quantitative estimate of drug-likeness (QED) is 0.926. The molecular formula is C12H11ClN2OS. The number of halogens is 1. The molecule has 0 saturated heterocycles. The average Bonchev–Trinajstić information content (AvgIpc) is 2.82. The molecule has 0 saturated carbocycles. The molecule has 0 spiro atoms. The molecule has 0 bridgehead atoms. The molecule has 2 aromatic rings. The number of amides is 1. The van der Waals surface area contributed by atoms with Crippen LogP contribution in [0.4, 0.5) is 0 Å². The highest BCUT2D eigenvalue weighted by Gasteiger charge is 2.13. The summed E-state index contributed by atoms with van der Waals surface area (Å²) in [6.45, 7) is 1.94. The van der Waals surface area contributed by atoms with E-state index in [0.29, 0.717) is 10.7 Å². The minimum absolute atomic E-state index is 0.0247. The molecule has 0 aliphatic carbocycles. The topological polar surface area (TPSA) is 42.0 Å². The molecule has 2 heterocycles. The second kappa shape index (κ2) is 5.29. The van der Waals surface area contributed by atoms with Gasteiger partial charge < -0.3 is 5.32 Å². The van der Waals surface area contributed by atoms with Gasteiger partial charge in [-0.1, -0.05) is 17.7 Å². The molecule has 0 radical (unpaired) electrons. The highest BCUT2D eigenvalue weighted by atomic mass is 35.5. The van der Waals surface area contributed by atoms with E-state index >= 15 is 0 Å². The fourth-order valence-corrected chi connectivity index (χ4v) is 2.30. The van der Waals surface area contributed by atoms with Crippen molar-refractivity contribution in [2.75, 3.05) is 0 Å². The normalized spacial score (nSPS) is 12.1. The summed E-state index contributed by atoms with van der Waals surface area (Å²) in [5.74, 6) is -0.214. The van der Waals surface area contributed by atoms with Crippen LogP contribution >= 0.6 is 22.9 Å². The Bertz CT molecular complexity index is 513. The third-order valence-electron chi connectivity index (χ3n) is 2.27. The SMILES string of the molecule is CC(NC(=O)c1cc(Cl)ccn1)c1cccs1. The van der Waals surface area contributed by atoms with Gasteiger partial charge >= 0.3 is 0 Å². The molecule has 0 fully saturated rings. The third-order valence-corrected chi connectivity index (χ3v) is 3.56. The van der Waals surface area contributed by atoms with Crippen LogP contribution < -0.4 is 5.32 Å². The zero-order valence-corrected chi connectivity index (χ0v) is 10.8. The van der Waals surface area contributed by atoms with E-state index < -0.39 is 0 Å². The van der Waals surface area contributed by atoms with Crippen LogP contribution in [0.5, 0.6) is 0 Å². The fraction of sp³-hybridized carbons (Fsp3) is 0.167. The van der Waals surface area contributed by atoms with E-state index in [1.165, 1.54) is 6.20 Å². The second-order valence-corrected chi connectivity index (χ2v) is 4.99. The van der Waals surface area contributed by atoms with Crippen LogP contribution in [0.1, 0.15) is 28.3 Å². The first-order valence-electron chi connectivity index (χ1n) is 5.12. The number of aromatic nitrogens is 1. The largest absolute Gasteiger partial charge is 0.343 e. The number of hydrogen-bond donors (Lipinski definition) is 1. The summed E-state index contributed by atoms with van der Waals surface area (Å²) >= 11 is 7.42. The predicted octanol–water partition coefficient (Wildman–Crippen LogP) is 3.29. The maximum atomic E-state index is 11.9. The molecular weight excluding hydrogens is 256 g/mol. The van der Waals surface area contributed by atoms with Gasteiger partial charge in [0.1, 0.15) is 5.69 Å². The van der Waals surface area contributed by atoms with Crippen molar-refractivity contribution in [3.63, 3.8) is 0 Å². The minimum Gasteiger partial charge on any atom is -0.343 e. The Morgan fingerprint density at radius 2 is 2.35 bits per heavy atom. The third kappa shape index (κ3) is 3.05. The number of carbonyl (C=O) groups is 1. The molecule has 17 heavy (non-hydrogen) atoms. The average molecular weight is 267 g/mol. The Morgan fingerprint density at radius 1 is 1.53 bits per heavy atom. The lowest BCUT2D eigenvalue weighted by molar-refractivity contribution is 0.0935. The van der Waals surface area contributed by atoms with E-state index in [-0.39, 0.29) is 11.9 Å². The van der Waals surface area contributed by atoms with Gasteiger partial charge in [0.15, 0.2) is 0 Å². The summed E-state index contributed by atoms with van der Waals surface area (Å²) in [5, 5.41) is 5.37. The van der Waals surface area contributed by atoms with Gasteiger partial charge in [0.2, 0.25) is 0 Å². The monoisotopic (exact) mass is 266 g/mol. The number of thiophene rings is 1. The maximum absolute atomic E-state index is 11.9. The first kappa shape index (κ1) is 12.1. The second-order valence-electron chi connectivity index (χ2n) is 3.57. The maximum Gasteiger partial charge on any atom is 0.270 e. The van der Waals surface area contributed by atoms with E-state index in [2.05, 4.69) is 10.3 Å². The van der Waals surface area contributed by atoms with Gasteiger partial charge in [-0.15, -0.1) is 11.3 Å². The van der Waals surface area contributed by atoms with Crippen LogP contribution in [0, 0.1) is 0 Å². The lowest BCUT2D eigenvalue weighted by atomic mass is 10.2. The van der Waals surface area contributed by atoms with E-state index in [0.717, 1.165) is 4.88 Å². The molecule has 1 N–H and O–H groups in total. The number of hydrogen-bond acceptors (Lipinski definition) is 3. The van der Waals surface area contributed by atoms with Gasteiger partial charge in [-0.3, -0.25) is 9.78 Å². The molecule has 0 aliphatic heterocycles. The van der Waals surface area contributed by atoms with Crippen molar-refractivity contribution in [3.8, 4) is 0 Å². The molecule has 2 rings (SSSR count). The van der Waals surface area contributed by atoms with Crippen molar-refractivity contribution in [1.82, 2.24) is 10.3 Å². The smallest absolute Gasteiger partial charge is 0.270 e. The number of rotatable bonds is 3. The van der Waals surface area contributed by atoms with Crippen LogP contribution in [-0.2, 0) is 0 Å². The summed E-state index contributed by atoms with van der Waals surface area (Å²) in [5.41, 5.74) is 0.334. The summed E-state index contributed by atoms with van der Waals surface area (Å²) in [4.78, 5) is 17.0. The van der Waals surface area contributed by atoms with E-state index in [1.54, 1.807) is 23.5 Å². The van der Waals surface area contributed by atoms with Gasteiger partial charge in [0.25, 0.3) is 5.91 Å². The van der Waals surface area contributed by atoms with Crippen molar-refractivity contribution < 1.29 is 4.79 Å². The number of carbonyl (C=O) groups excluding carboxylic acids is 1. The molecule has 2 aromatic heterocycles. The molecule has 1 amide bonds. The Balaban J connectivity index is 2.07. The molecule has 3 nitrogen and oxygen atoms in total. The highest BCUT2D eigenvalue weighted by Crippen LogP contribution is 2.18. The van der Waals surface area contributed by atoms with Crippen molar-refractivity contribution >= 4 is 28.8 Å². The van der Waals surface area contributed by atoms with Gasteiger partial charge in [-0.25, -0.2) is 0 Å². The van der Waals surface area contributed by atoms with Crippen molar-refractivity contribution in [1.29, 1.82) is 0 Å². The Hall–Kier alpha value is -1.39. The summed E-state index contributed by atoms with van der Waals surface area (Å²) in [6, 6.07) is 7.11. The van der Waals surface area contributed by atoms with E-state index in [9.17, 15) is 4.79 Å². The van der Waals surface area contributed by atoms with Gasteiger partial charge in [-0.2, -0.15) is 0 Å². The number of pyridine rings is 1. The predicted molar refractivity (Wildman–Crippen MR) is 69.4 cm³/mol. The first-order chi connectivity index (χ1) is 8.16. The molecule has 1 unspecified atom stereocenters. The van der Waals surface area contributed by atoms with Gasteiger partial charge in [0.05, 0.1) is 6.04 Å². The molecule has 1 atom stereocenters. The molecule has 0 aliphatic rings. The van der Waals surface area contributed by atoms with Crippen LogP contribution in [0.15, 0.2) is 35.8 Å². The zero-order chi connectivity index (χ0) is 12.3. The van der Waals surface area contributed by atoms with Crippen LogP contribution in [0.25, 0.3) is 0 Å². The standard InChI is InChI=1S/C12H11ClN2OS/c1-8(11-3-2-6-17-11)15-12(16)10-7-9(13)4-5-14-10/h2-8H,1H3,(H,15,16). The first-order valence-corrected chi connectivity index (χ1v) is 6.38. The lowest BCUT2D eigenvalue weighted by Gasteiger charge is -2.11. The van der Waals surface area contributed by atoms with Crippen LogP contribution in [-0.4, -0.2) is 10.9 Å². The minimum atomic E-state index is -0.214. The Labute approximate surface area is 108 Å². The lowest BCUT2D eigenvalue weighted by Crippen LogP contribution is -2.26. The van der Waals surface area contributed by atoms with E-state index in [1.807, 2.05) is 24.4 Å². The van der Waals surface area contributed by atoms with Crippen LogP contribution in [0.3, 0.4) is 0 Å². The van der Waals surface area contributed by atoms with Gasteiger partial charge in [-0.05, 0) is 30.5 Å². The zero-order valence-electron chi connectivity index (χ0n) is 9.18. The summed E-state index contributed by atoms with van der Waals surface area (Å²) < 4.78 is 0. The summed E-state index contributed by atoms with van der Waals surface area (Å²) in [7, 11) is 0. The van der Waals surface area contributed by atoms with Crippen molar-refractivity contribution in [2.24, 2.45) is 0 Å². The number of nitrogens with one attached hydrogen (secondary N) is 1. The Kier molecular flexibility index (Phi) is 3.76. The molecule has 88 valence electrons. The van der Waals surface area contributed by atoms with Crippen molar-refractivity contribution in [3.05, 3.63) is 51.4 Å². The van der Waals surface area contributed by atoms with Gasteiger partial charge in [0, 0.05) is 16.1 Å². The molecule has 5 heteroatoms. The molecule has 0 aromatic carbocycles. The Morgan fingerprint density at radius 3 is 3.00 bits per heavy atom. The highest BCUT2D eigenvalue weighted by molar-refractivity contribution is 7.10.